The highest BCUT2D eigenvalue weighted by molar-refractivity contribution is 5.64. The normalized spacial score (nSPS) is 18.2. The third-order valence-electron chi connectivity index (χ3n) is 3.79. The Bertz CT molecular complexity index is 426. The third kappa shape index (κ3) is 2.93. The molecule has 0 spiro atoms. The van der Waals surface area contributed by atoms with Crippen molar-refractivity contribution in [1.82, 2.24) is 5.32 Å². The summed E-state index contributed by atoms with van der Waals surface area (Å²) < 4.78 is 16.2. The van der Waals surface area contributed by atoms with Crippen molar-refractivity contribution in [2.24, 2.45) is 5.92 Å². The van der Waals surface area contributed by atoms with Crippen LogP contribution in [0.3, 0.4) is 0 Å². The fraction of sp³-hybridized carbons (Fsp3) is 0.600. The predicted molar refractivity (Wildman–Crippen MR) is 80.3 cm³/mol. The van der Waals surface area contributed by atoms with E-state index in [1.54, 1.807) is 21.3 Å². The number of benzene rings is 1. The van der Waals surface area contributed by atoms with Gasteiger partial charge in [-0.1, -0.05) is 0 Å². The molecule has 1 atom stereocenters. The molecule has 1 aliphatic heterocycles. The largest absolute Gasteiger partial charge is 0.493 e. The van der Waals surface area contributed by atoms with Crippen LogP contribution in [0.5, 0.6) is 17.2 Å². The van der Waals surface area contributed by atoms with Gasteiger partial charge in [0.1, 0.15) is 0 Å². The maximum absolute atomic E-state index is 5.41. The molecule has 1 heterocycles. The van der Waals surface area contributed by atoms with Crippen LogP contribution in [0.4, 0.5) is 5.69 Å². The van der Waals surface area contributed by atoms with Crippen LogP contribution in [0.1, 0.15) is 6.42 Å². The molecule has 0 radical (unpaired) electrons. The molecular weight excluding hydrogens is 256 g/mol. The Balaban J connectivity index is 2.24. The Kier molecular flexibility index (Phi) is 4.95. The fourth-order valence-electron chi connectivity index (χ4n) is 2.77. The minimum atomic E-state index is 0.643. The second-order valence-corrected chi connectivity index (χ2v) is 5.04. The number of nitrogens with one attached hydrogen (secondary N) is 1. The summed E-state index contributed by atoms with van der Waals surface area (Å²) in [5, 5.41) is 3.25. The summed E-state index contributed by atoms with van der Waals surface area (Å²) in [6.45, 7) is 3.17. The molecule has 112 valence electrons. The summed E-state index contributed by atoms with van der Waals surface area (Å²) >= 11 is 0. The maximum atomic E-state index is 5.41. The predicted octanol–water partition coefficient (Wildman–Crippen LogP) is 1.76. The van der Waals surface area contributed by atoms with Crippen molar-refractivity contribution in [1.29, 1.82) is 0 Å². The molecule has 0 saturated carbocycles. The lowest BCUT2D eigenvalue weighted by molar-refractivity contribution is 0.324. The first-order valence-electron chi connectivity index (χ1n) is 6.93. The van der Waals surface area contributed by atoms with Crippen molar-refractivity contribution in [3.05, 3.63) is 12.1 Å². The lowest BCUT2D eigenvalue weighted by Crippen LogP contribution is -2.24. The zero-order valence-corrected chi connectivity index (χ0v) is 12.7. The Hall–Kier alpha value is -1.62. The van der Waals surface area contributed by atoms with E-state index in [0.717, 1.165) is 25.3 Å². The average Bonchev–Trinajstić information content (AvgIpc) is 2.94. The SMILES string of the molecule is CNCC1CCN(c2cc(OC)c(OC)c(OC)c2)C1. The molecule has 0 aromatic heterocycles. The van der Waals surface area contributed by atoms with Crippen molar-refractivity contribution in [2.45, 2.75) is 6.42 Å². The van der Waals surface area contributed by atoms with Crippen molar-refractivity contribution < 1.29 is 14.2 Å². The van der Waals surface area contributed by atoms with Gasteiger partial charge in [-0.2, -0.15) is 0 Å². The van der Waals surface area contributed by atoms with E-state index in [1.807, 2.05) is 19.2 Å². The Morgan fingerprint density at radius 3 is 2.30 bits per heavy atom. The van der Waals surface area contributed by atoms with Crippen LogP contribution in [0.2, 0.25) is 0 Å². The van der Waals surface area contributed by atoms with E-state index in [1.165, 1.54) is 6.42 Å². The molecule has 1 saturated heterocycles. The molecule has 5 nitrogen and oxygen atoms in total. The van der Waals surface area contributed by atoms with Gasteiger partial charge < -0.3 is 24.4 Å². The maximum Gasteiger partial charge on any atom is 0.203 e. The van der Waals surface area contributed by atoms with Gasteiger partial charge in [0.25, 0.3) is 0 Å². The van der Waals surface area contributed by atoms with E-state index in [9.17, 15) is 0 Å². The lowest BCUT2D eigenvalue weighted by Gasteiger charge is -2.22. The Morgan fingerprint density at radius 2 is 1.80 bits per heavy atom. The van der Waals surface area contributed by atoms with Gasteiger partial charge >= 0.3 is 0 Å². The first-order chi connectivity index (χ1) is 9.73. The quantitative estimate of drug-likeness (QED) is 0.860. The molecule has 0 amide bonds. The first-order valence-corrected chi connectivity index (χ1v) is 6.93. The molecule has 1 aliphatic rings. The molecular formula is C15H24N2O3. The smallest absolute Gasteiger partial charge is 0.203 e. The number of rotatable bonds is 6. The number of nitrogens with zero attached hydrogens (tertiary/aromatic N) is 1. The minimum absolute atomic E-state index is 0.643. The molecule has 5 heteroatoms. The third-order valence-corrected chi connectivity index (χ3v) is 3.79. The molecule has 0 bridgehead atoms. The Morgan fingerprint density at radius 1 is 1.15 bits per heavy atom. The highest BCUT2D eigenvalue weighted by Crippen LogP contribution is 2.41. The fourth-order valence-corrected chi connectivity index (χ4v) is 2.77. The van der Waals surface area contributed by atoms with E-state index in [-0.39, 0.29) is 0 Å². The van der Waals surface area contributed by atoms with Crippen LogP contribution in [0, 0.1) is 5.92 Å². The number of ether oxygens (including phenoxy) is 3. The molecule has 1 aromatic carbocycles. The summed E-state index contributed by atoms with van der Waals surface area (Å²) in [5.41, 5.74) is 1.12. The summed E-state index contributed by atoms with van der Waals surface area (Å²) in [7, 11) is 6.92. The summed E-state index contributed by atoms with van der Waals surface area (Å²) in [4.78, 5) is 2.37. The van der Waals surface area contributed by atoms with E-state index in [2.05, 4.69) is 10.2 Å². The van der Waals surface area contributed by atoms with Crippen molar-refractivity contribution in [3.63, 3.8) is 0 Å². The minimum Gasteiger partial charge on any atom is -0.493 e. The highest BCUT2D eigenvalue weighted by atomic mass is 16.5. The van der Waals surface area contributed by atoms with Crippen molar-refractivity contribution in [2.75, 3.05) is 52.9 Å². The van der Waals surface area contributed by atoms with E-state index < -0.39 is 0 Å². The van der Waals surface area contributed by atoms with Gasteiger partial charge in [-0.3, -0.25) is 0 Å². The standard InChI is InChI=1S/C15H24N2O3/c1-16-9-11-5-6-17(10-11)12-7-13(18-2)15(20-4)14(8-12)19-3/h7-8,11,16H,5-6,9-10H2,1-4H3. The van der Waals surface area contributed by atoms with Crippen LogP contribution in [0.25, 0.3) is 0 Å². The summed E-state index contributed by atoms with van der Waals surface area (Å²) in [6.07, 6.45) is 1.21. The van der Waals surface area contributed by atoms with Gasteiger partial charge in [-0.25, -0.2) is 0 Å². The molecule has 1 aromatic rings. The van der Waals surface area contributed by atoms with Crippen LogP contribution in [-0.2, 0) is 0 Å². The van der Waals surface area contributed by atoms with Gasteiger partial charge in [0, 0.05) is 30.9 Å². The van der Waals surface area contributed by atoms with E-state index in [0.29, 0.717) is 23.2 Å². The highest BCUT2D eigenvalue weighted by Gasteiger charge is 2.24. The molecule has 1 N–H and O–H groups in total. The second-order valence-electron chi connectivity index (χ2n) is 5.04. The van der Waals surface area contributed by atoms with Crippen LogP contribution in [-0.4, -0.2) is 48.0 Å². The number of hydrogen-bond donors (Lipinski definition) is 1. The first kappa shape index (κ1) is 14.8. The molecule has 2 rings (SSSR count). The summed E-state index contributed by atoms with van der Waals surface area (Å²) in [6, 6.07) is 4.03. The van der Waals surface area contributed by atoms with Gasteiger partial charge in [-0.15, -0.1) is 0 Å². The van der Waals surface area contributed by atoms with E-state index >= 15 is 0 Å². The number of hydrogen-bond acceptors (Lipinski definition) is 5. The zero-order chi connectivity index (χ0) is 14.5. The average molecular weight is 280 g/mol. The zero-order valence-electron chi connectivity index (χ0n) is 12.7. The monoisotopic (exact) mass is 280 g/mol. The van der Waals surface area contributed by atoms with Gasteiger partial charge in [0.15, 0.2) is 11.5 Å². The molecule has 0 aliphatic carbocycles. The number of anilines is 1. The topological polar surface area (TPSA) is 43.0 Å². The second kappa shape index (κ2) is 6.70. The summed E-state index contributed by atoms with van der Waals surface area (Å²) in [5.74, 6) is 2.75. The van der Waals surface area contributed by atoms with Crippen LogP contribution >= 0.6 is 0 Å². The number of methoxy groups -OCH3 is 3. The molecule has 1 fully saturated rings. The van der Waals surface area contributed by atoms with Crippen molar-refractivity contribution >= 4 is 5.69 Å². The van der Waals surface area contributed by atoms with Crippen molar-refractivity contribution in [3.8, 4) is 17.2 Å². The molecule has 1 unspecified atom stereocenters. The Labute approximate surface area is 120 Å². The van der Waals surface area contributed by atoms with Crippen LogP contribution in [0.15, 0.2) is 12.1 Å². The van der Waals surface area contributed by atoms with E-state index in [4.69, 9.17) is 14.2 Å². The van der Waals surface area contributed by atoms with Gasteiger partial charge in [-0.05, 0) is 25.9 Å². The molecule has 20 heavy (non-hydrogen) atoms. The van der Waals surface area contributed by atoms with Gasteiger partial charge in [0.2, 0.25) is 5.75 Å². The van der Waals surface area contributed by atoms with Gasteiger partial charge in [0.05, 0.1) is 21.3 Å². The lowest BCUT2D eigenvalue weighted by atomic mass is 10.1. The van der Waals surface area contributed by atoms with Crippen LogP contribution < -0.4 is 24.4 Å².